The second-order valence-electron chi connectivity index (χ2n) is 5.62. The molecule has 3 heteroatoms. The molecule has 3 aromatic carbocycles. The van der Waals surface area contributed by atoms with E-state index < -0.39 is 0 Å². The standard InChI is InChI=1S/C22H18O2S/c1-24-22(23)20-10-6-17(7-11-20)3-2-16-4-8-18(9-5-16)19-12-14-21(25)15-13-19/h2-15,25H,1H3/b3-2+. The van der Waals surface area contributed by atoms with Crippen molar-refractivity contribution in [3.8, 4) is 11.1 Å². The average molecular weight is 346 g/mol. The molecule has 0 aliphatic rings. The van der Waals surface area contributed by atoms with Crippen LogP contribution < -0.4 is 0 Å². The van der Waals surface area contributed by atoms with Crippen molar-refractivity contribution in [2.45, 2.75) is 4.90 Å². The quantitative estimate of drug-likeness (QED) is 0.378. The topological polar surface area (TPSA) is 26.3 Å². The van der Waals surface area contributed by atoms with Crippen molar-refractivity contribution in [3.63, 3.8) is 0 Å². The summed E-state index contributed by atoms with van der Waals surface area (Å²) in [5.41, 5.74) is 5.04. The van der Waals surface area contributed by atoms with E-state index in [1.807, 2.05) is 36.4 Å². The number of thiol groups is 1. The zero-order valence-electron chi connectivity index (χ0n) is 13.8. The Kier molecular flexibility index (Phi) is 5.36. The van der Waals surface area contributed by atoms with E-state index in [0.29, 0.717) is 5.56 Å². The van der Waals surface area contributed by atoms with E-state index in [4.69, 9.17) is 4.74 Å². The summed E-state index contributed by atoms with van der Waals surface area (Å²) in [5, 5.41) is 0. The molecule has 25 heavy (non-hydrogen) atoms. The van der Waals surface area contributed by atoms with Gasteiger partial charge in [-0.15, -0.1) is 12.6 Å². The molecule has 0 saturated heterocycles. The summed E-state index contributed by atoms with van der Waals surface area (Å²) >= 11 is 4.31. The minimum atomic E-state index is -0.322. The van der Waals surface area contributed by atoms with Crippen LogP contribution in [-0.4, -0.2) is 13.1 Å². The van der Waals surface area contributed by atoms with E-state index in [1.165, 1.54) is 18.2 Å². The van der Waals surface area contributed by atoms with Crippen molar-refractivity contribution in [1.29, 1.82) is 0 Å². The van der Waals surface area contributed by atoms with E-state index in [0.717, 1.165) is 16.0 Å². The van der Waals surface area contributed by atoms with E-state index in [2.05, 4.69) is 49.0 Å². The number of hydrogen-bond acceptors (Lipinski definition) is 3. The fourth-order valence-electron chi connectivity index (χ4n) is 2.48. The number of methoxy groups -OCH3 is 1. The van der Waals surface area contributed by atoms with E-state index in [1.54, 1.807) is 12.1 Å². The Bertz CT molecular complexity index is 877. The Balaban J connectivity index is 1.71. The lowest BCUT2D eigenvalue weighted by molar-refractivity contribution is 0.0600. The number of rotatable bonds is 4. The van der Waals surface area contributed by atoms with Gasteiger partial charge < -0.3 is 4.74 Å². The third kappa shape index (κ3) is 4.40. The molecule has 0 aliphatic carbocycles. The molecule has 0 radical (unpaired) electrons. The third-order valence-corrected chi connectivity index (χ3v) is 4.21. The van der Waals surface area contributed by atoms with Crippen LogP contribution in [0.3, 0.4) is 0 Å². The molecule has 0 spiro atoms. The summed E-state index contributed by atoms with van der Waals surface area (Å²) in [6, 6.07) is 23.8. The maximum absolute atomic E-state index is 11.4. The van der Waals surface area contributed by atoms with Crippen molar-refractivity contribution in [2.24, 2.45) is 0 Å². The summed E-state index contributed by atoms with van der Waals surface area (Å²) in [7, 11) is 1.38. The normalized spacial score (nSPS) is 10.8. The zero-order chi connectivity index (χ0) is 17.6. The molecule has 0 amide bonds. The molecule has 0 fully saturated rings. The first-order valence-electron chi connectivity index (χ1n) is 7.91. The Labute approximate surface area is 153 Å². The van der Waals surface area contributed by atoms with Gasteiger partial charge in [-0.1, -0.05) is 60.7 Å². The van der Waals surface area contributed by atoms with Gasteiger partial charge >= 0.3 is 5.97 Å². The lowest BCUT2D eigenvalue weighted by atomic mass is 10.0. The number of esters is 1. The second kappa shape index (κ2) is 7.86. The van der Waals surface area contributed by atoms with Crippen LogP contribution in [0, 0.1) is 0 Å². The van der Waals surface area contributed by atoms with Gasteiger partial charge in [-0.05, 0) is 46.5 Å². The minimum Gasteiger partial charge on any atom is -0.465 e. The predicted octanol–water partition coefficient (Wildman–Crippen LogP) is 5.60. The minimum absolute atomic E-state index is 0.322. The molecule has 2 nitrogen and oxygen atoms in total. The Morgan fingerprint density at radius 3 is 1.68 bits per heavy atom. The molecule has 0 unspecified atom stereocenters. The largest absolute Gasteiger partial charge is 0.465 e. The van der Waals surface area contributed by atoms with Crippen LogP contribution in [0.4, 0.5) is 0 Å². The van der Waals surface area contributed by atoms with Crippen LogP contribution in [-0.2, 0) is 4.74 Å². The SMILES string of the molecule is COC(=O)c1ccc(/C=C/c2ccc(-c3ccc(S)cc3)cc2)cc1. The molecule has 0 aliphatic heterocycles. The summed E-state index contributed by atoms with van der Waals surface area (Å²) in [6.07, 6.45) is 4.07. The van der Waals surface area contributed by atoms with Crippen LogP contribution in [0.2, 0.25) is 0 Å². The number of benzene rings is 3. The maximum atomic E-state index is 11.4. The molecule has 0 saturated carbocycles. The predicted molar refractivity (Wildman–Crippen MR) is 106 cm³/mol. The van der Waals surface area contributed by atoms with Crippen LogP contribution in [0.15, 0.2) is 77.7 Å². The number of carbonyl (C=O) groups is 1. The lowest BCUT2D eigenvalue weighted by Crippen LogP contribution is -2.00. The van der Waals surface area contributed by atoms with E-state index in [9.17, 15) is 4.79 Å². The zero-order valence-corrected chi connectivity index (χ0v) is 14.7. The smallest absolute Gasteiger partial charge is 0.337 e. The second-order valence-corrected chi connectivity index (χ2v) is 6.13. The molecular weight excluding hydrogens is 328 g/mol. The molecule has 0 heterocycles. The molecular formula is C22H18O2S. The van der Waals surface area contributed by atoms with Gasteiger partial charge in [0.25, 0.3) is 0 Å². The molecule has 124 valence electrons. The average Bonchev–Trinajstić information content (AvgIpc) is 2.67. The Hall–Kier alpha value is -2.78. The first-order chi connectivity index (χ1) is 12.2. The van der Waals surface area contributed by atoms with Gasteiger partial charge in [-0.3, -0.25) is 0 Å². The van der Waals surface area contributed by atoms with Crippen LogP contribution in [0.25, 0.3) is 23.3 Å². The molecule has 0 aromatic heterocycles. The van der Waals surface area contributed by atoms with Crippen LogP contribution >= 0.6 is 12.6 Å². The van der Waals surface area contributed by atoms with Crippen molar-refractivity contribution >= 4 is 30.8 Å². The number of hydrogen-bond donors (Lipinski definition) is 1. The summed E-state index contributed by atoms with van der Waals surface area (Å²) in [6.45, 7) is 0. The third-order valence-electron chi connectivity index (χ3n) is 3.91. The van der Waals surface area contributed by atoms with Gasteiger partial charge in [0.2, 0.25) is 0 Å². The molecule has 0 bridgehead atoms. The Morgan fingerprint density at radius 1 is 0.760 bits per heavy atom. The highest BCUT2D eigenvalue weighted by Gasteiger charge is 2.03. The number of ether oxygens (including phenoxy) is 1. The van der Waals surface area contributed by atoms with Gasteiger partial charge in [0.05, 0.1) is 12.7 Å². The number of carbonyl (C=O) groups excluding carboxylic acids is 1. The van der Waals surface area contributed by atoms with Gasteiger partial charge in [0, 0.05) is 4.90 Å². The van der Waals surface area contributed by atoms with Gasteiger partial charge in [-0.2, -0.15) is 0 Å². The summed E-state index contributed by atoms with van der Waals surface area (Å²) in [4.78, 5) is 12.4. The lowest BCUT2D eigenvalue weighted by Gasteiger charge is -2.03. The summed E-state index contributed by atoms with van der Waals surface area (Å²) < 4.78 is 4.70. The molecule has 3 rings (SSSR count). The van der Waals surface area contributed by atoms with E-state index in [-0.39, 0.29) is 5.97 Å². The molecule has 3 aromatic rings. The van der Waals surface area contributed by atoms with Crippen molar-refractivity contribution in [1.82, 2.24) is 0 Å². The highest BCUT2D eigenvalue weighted by atomic mass is 32.1. The van der Waals surface area contributed by atoms with Gasteiger partial charge in [-0.25, -0.2) is 4.79 Å². The fourth-order valence-corrected chi connectivity index (χ4v) is 2.63. The highest BCUT2D eigenvalue weighted by Crippen LogP contribution is 2.22. The van der Waals surface area contributed by atoms with Crippen LogP contribution in [0.5, 0.6) is 0 Å². The monoisotopic (exact) mass is 346 g/mol. The summed E-state index contributed by atoms with van der Waals surface area (Å²) in [5.74, 6) is -0.322. The van der Waals surface area contributed by atoms with Crippen molar-refractivity contribution in [3.05, 3.63) is 89.5 Å². The maximum Gasteiger partial charge on any atom is 0.337 e. The van der Waals surface area contributed by atoms with Gasteiger partial charge in [0.15, 0.2) is 0 Å². The first kappa shape index (κ1) is 17.1. The first-order valence-corrected chi connectivity index (χ1v) is 8.36. The van der Waals surface area contributed by atoms with E-state index >= 15 is 0 Å². The van der Waals surface area contributed by atoms with Gasteiger partial charge in [0.1, 0.15) is 0 Å². The van der Waals surface area contributed by atoms with Crippen molar-refractivity contribution < 1.29 is 9.53 Å². The Morgan fingerprint density at radius 2 is 1.20 bits per heavy atom. The molecule has 0 atom stereocenters. The highest BCUT2D eigenvalue weighted by molar-refractivity contribution is 7.80. The fraction of sp³-hybridized carbons (Fsp3) is 0.0455. The molecule has 0 N–H and O–H groups in total. The van der Waals surface area contributed by atoms with Crippen molar-refractivity contribution in [2.75, 3.05) is 7.11 Å². The van der Waals surface area contributed by atoms with Crippen LogP contribution in [0.1, 0.15) is 21.5 Å².